The first-order valence-electron chi connectivity index (χ1n) is 5.65. The van der Waals surface area contributed by atoms with Gasteiger partial charge in [0.1, 0.15) is 0 Å². The molecule has 7 heteroatoms. The zero-order valence-corrected chi connectivity index (χ0v) is 11.9. The molecular weight excluding hydrogens is 254 g/mol. The van der Waals surface area contributed by atoms with Crippen LogP contribution in [0, 0.1) is 6.92 Å². The Morgan fingerprint density at radius 2 is 2.17 bits per heavy atom. The number of nitrogens with one attached hydrogen (secondary N) is 2. The van der Waals surface area contributed by atoms with Crippen LogP contribution in [0.4, 0.5) is 10.7 Å². The van der Waals surface area contributed by atoms with Gasteiger partial charge in [0.2, 0.25) is 5.88 Å². The highest BCUT2D eigenvalue weighted by Crippen LogP contribution is 2.10. The molecule has 6 nitrogen and oxygen atoms in total. The maximum absolute atomic E-state index is 11.7. The summed E-state index contributed by atoms with van der Waals surface area (Å²) in [7, 11) is -0.974. The zero-order valence-electron chi connectivity index (χ0n) is 11.1. The first kappa shape index (κ1) is 14.7. The molecule has 18 heavy (non-hydrogen) atoms. The number of hydrogen-bond donors (Lipinski definition) is 2. The standard InChI is InChI=1S/C11H19N3O3S/c1-8-7-9(17-14-8)13-10(15)12-5-6-18(16)11(2,3)4/h7H,5-6H2,1-4H3,(H2,12,13,15)/t18-/m0/s1. The highest BCUT2D eigenvalue weighted by atomic mass is 32.2. The van der Waals surface area contributed by atoms with Gasteiger partial charge in [-0.3, -0.25) is 9.53 Å². The van der Waals surface area contributed by atoms with Crippen LogP contribution >= 0.6 is 0 Å². The van der Waals surface area contributed by atoms with Crippen LogP contribution in [0.1, 0.15) is 26.5 Å². The van der Waals surface area contributed by atoms with E-state index in [0.29, 0.717) is 23.9 Å². The van der Waals surface area contributed by atoms with Crippen LogP contribution in [0.15, 0.2) is 10.6 Å². The summed E-state index contributed by atoms with van der Waals surface area (Å²) in [6.07, 6.45) is 0. The van der Waals surface area contributed by atoms with Gasteiger partial charge in [0.15, 0.2) is 0 Å². The molecule has 1 aromatic heterocycles. The third-order valence-corrected chi connectivity index (χ3v) is 4.06. The number of nitrogens with zero attached hydrogens (tertiary/aromatic N) is 1. The van der Waals surface area contributed by atoms with Crippen molar-refractivity contribution in [1.82, 2.24) is 10.5 Å². The molecule has 2 N–H and O–H groups in total. The average molecular weight is 273 g/mol. The van der Waals surface area contributed by atoms with Crippen molar-refractivity contribution in [1.29, 1.82) is 0 Å². The van der Waals surface area contributed by atoms with E-state index in [4.69, 9.17) is 4.52 Å². The van der Waals surface area contributed by atoms with E-state index >= 15 is 0 Å². The van der Waals surface area contributed by atoms with Crippen LogP contribution < -0.4 is 10.6 Å². The van der Waals surface area contributed by atoms with Gasteiger partial charge in [0.25, 0.3) is 0 Å². The number of amides is 2. The Hall–Kier alpha value is -1.37. The molecule has 0 bridgehead atoms. The smallest absolute Gasteiger partial charge is 0.321 e. The van der Waals surface area contributed by atoms with Gasteiger partial charge < -0.3 is 9.84 Å². The topological polar surface area (TPSA) is 84.2 Å². The molecule has 0 saturated carbocycles. The average Bonchev–Trinajstić information content (AvgIpc) is 2.62. The minimum Gasteiger partial charge on any atom is -0.338 e. The molecule has 1 rings (SSSR count). The van der Waals surface area contributed by atoms with E-state index in [0.717, 1.165) is 0 Å². The van der Waals surface area contributed by atoms with Gasteiger partial charge in [0, 0.05) is 33.9 Å². The maximum atomic E-state index is 11.7. The van der Waals surface area contributed by atoms with Gasteiger partial charge in [-0.2, -0.15) is 0 Å². The number of carbonyl (C=O) groups is 1. The molecule has 0 aromatic carbocycles. The van der Waals surface area contributed by atoms with Crippen LogP contribution in [0.3, 0.4) is 0 Å². The molecule has 0 aliphatic heterocycles. The molecule has 0 aliphatic carbocycles. The van der Waals surface area contributed by atoms with Crippen molar-refractivity contribution in [3.63, 3.8) is 0 Å². The van der Waals surface area contributed by atoms with E-state index in [1.165, 1.54) is 0 Å². The van der Waals surface area contributed by atoms with Crippen LogP contribution in [-0.4, -0.2) is 32.4 Å². The van der Waals surface area contributed by atoms with Crippen molar-refractivity contribution in [2.75, 3.05) is 17.6 Å². The van der Waals surface area contributed by atoms with Gasteiger partial charge in [-0.1, -0.05) is 5.16 Å². The molecule has 2 amide bonds. The highest BCUT2D eigenvalue weighted by Gasteiger charge is 2.18. The molecule has 0 saturated heterocycles. The Kier molecular flexibility index (Phi) is 4.89. The van der Waals surface area contributed by atoms with Crippen molar-refractivity contribution in [2.24, 2.45) is 0 Å². The number of urea groups is 1. The number of hydrogen-bond acceptors (Lipinski definition) is 4. The summed E-state index contributed by atoms with van der Waals surface area (Å²) in [6.45, 7) is 7.82. The minimum atomic E-state index is -0.974. The second-order valence-corrected chi connectivity index (χ2v) is 7.20. The van der Waals surface area contributed by atoms with Gasteiger partial charge in [-0.25, -0.2) is 4.79 Å². The summed E-state index contributed by atoms with van der Waals surface area (Å²) in [5, 5.41) is 8.75. The van der Waals surface area contributed by atoms with Crippen LogP contribution in [-0.2, 0) is 10.8 Å². The van der Waals surface area contributed by atoms with Gasteiger partial charge in [0.05, 0.1) is 5.69 Å². The minimum absolute atomic E-state index is 0.264. The first-order chi connectivity index (χ1) is 8.29. The molecular formula is C11H19N3O3S. The molecule has 1 heterocycles. The molecule has 0 radical (unpaired) electrons. The number of carbonyl (C=O) groups excluding carboxylic acids is 1. The van der Waals surface area contributed by atoms with Gasteiger partial charge in [-0.15, -0.1) is 0 Å². The monoisotopic (exact) mass is 273 g/mol. The third kappa shape index (κ3) is 4.87. The Morgan fingerprint density at radius 1 is 1.50 bits per heavy atom. The van der Waals surface area contributed by atoms with E-state index in [1.54, 1.807) is 13.0 Å². The number of aromatic nitrogens is 1. The summed E-state index contributed by atoms with van der Waals surface area (Å²) in [4.78, 5) is 11.4. The fourth-order valence-electron chi connectivity index (χ4n) is 1.14. The number of anilines is 1. The second-order valence-electron chi connectivity index (χ2n) is 4.88. The quantitative estimate of drug-likeness (QED) is 0.873. The molecule has 0 fully saturated rings. The maximum Gasteiger partial charge on any atom is 0.321 e. The molecule has 102 valence electrons. The van der Waals surface area contributed by atoms with Crippen LogP contribution in [0.2, 0.25) is 0 Å². The fourth-order valence-corrected chi connectivity index (χ4v) is 2.04. The van der Waals surface area contributed by atoms with Crippen LogP contribution in [0.5, 0.6) is 0 Å². The molecule has 1 atom stereocenters. The summed E-state index contributed by atoms with van der Waals surface area (Å²) >= 11 is 0. The van der Waals surface area contributed by atoms with Crippen molar-refractivity contribution in [3.05, 3.63) is 11.8 Å². The Morgan fingerprint density at radius 3 is 2.67 bits per heavy atom. The summed E-state index contributed by atoms with van der Waals surface area (Å²) in [5.41, 5.74) is 0.694. The van der Waals surface area contributed by atoms with E-state index < -0.39 is 16.8 Å². The first-order valence-corrected chi connectivity index (χ1v) is 6.97. The van der Waals surface area contributed by atoms with Crippen molar-refractivity contribution >= 4 is 22.7 Å². The second kappa shape index (κ2) is 5.99. The fraction of sp³-hybridized carbons (Fsp3) is 0.636. The normalized spacial score (nSPS) is 13.1. The lowest BCUT2D eigenvalue weighted by molar-refractivity contribution is 0.251. The van der Waals surface area contributed by atoms with E-state index in [9.17, 15) is 9.00 Å². The Labute approximate surface area is 109 Å². The largest absolute Gasteiger partial charge is 0.338 e. The van der Waals surface area contributed by atoms with Crippen molar-refractivity contribution < 1.29 is 13.5 Å². The van der Waals surface area contributed by atoms with E-state index in [1.807, 2.05) is 20.8 Å². The molecule has 0 unspecified atom stereocenters. The van der Waals surface area contributed by atoms with Crippen LogP contribution in [0.25, 0.3) is 0 Å². The lowest BCUT2D eigenvalue weighted by Crippen LogP contribution is -2.34. The predicted octanol–water partition coefficient (Wildman–Crippen LogP) is 1.65. The Bertz CT molecular complexity index is 437. The van der Waals surface area contributed by atoms with E-state index in [-0.39, 0.29) is 4.75 Å². The number of aryl methyl sites for hydroxylation is 1. The zero-order chi connectivity index (χ0) is 13.8. The van der Waals surface area contributed by atoms with Gasteiger partial charge >= 0.3 is 6.03 Å². The predicted molar refractivity (Wildman–Crippen MR) is 71.0 cm³/mol. The SMILES string of the molecule is Cc1cc(NC(=O)NCC[S@](=O)C(C)(C)C)on1. The molecule has 0 spiro atoms. The van der Waals surface area contributed by atoms with Crippen molar-refractivity contribution in [3.8, 4) is 0 Å². The lowest BCUT2D eigenvalue weighted by Gasteiger charge is -2.17. The lowest BCUT2D eigenvalue weighted by atomic mass is 10.3. The van der Waals surface area contributed by atoms with E-state index in [2.05, 4.69) is 15.8 Å². The van der Waals surface area contributed by atoms with Crippen molar-refractivity contribution in [2.45, 2.75) is 32.4 Å². The summed E-state index contributed by atoms with van der Waals surface area (Å²) in [6, 6.07) is 1.23. The Balaban J connectivity index is 2.28. The summed E-state index contributed by atoms with van der Waals surface area (Å²) in [5.74, 6) is 0.716. The number of rotatable bonds is 4. The summed E-state index contributed by atoms with van der Waals surface area (Å²) < 4.78 is 16.3. The highest BCUT2D eigenvalue weighted by molar-refractivity contribution is 7.86. The molecule has 0 aliphatic rings. The molecule has 1 aromatic rings. The third-order valence-electron chi connectivity index (χ3n) is 2.12. The van der Waals surface area contributed by atoms with Gasteiger partial charge in [-0.05, 0) is 27.7 Å².